The SMILES string of the molecule is CNC(=S)c1cc(C2=C(C(=O)OCOC(=O)C(C)(C)C)N3C(=O)C(C(C)O)C3C2)cs1. The molecular weight excluding hydrogens is 440 g/mol. The van der Waals surface area contributed by atoms with Gasteiger partial charge in [-0.25, -0.2) is 4.79 Å². The minimum Gasteiger partial charge on any atom is -0.427 e. The highest BCUT2D eigenvalue weighted by atomic mass is 32.1. The molecule has 0 aromatic carbocycles. The first-order valence-electron chi connectivity index (χ1n) is 9.87. The van der Waals surface area contributed by atoms with Crippen LogP contribution in [0.4, 0.5) is 0 Å². The molecule has 0 bridgehead atoms. The lowest BCUT2D eigenvalue weighted by molar-refractivity contribution is -0.175. The van der Waals surface area contributed by atoms with Gasteiger partial charge in [0.15, 0.2) is 0 Å². The van der Waals surface area contributed by atoms with E-state index in [0.717, 1.165) is 10.4 Å². The first kappa shape index (κ1) is 23.4. The Morgan fingerprint density at radius 2 is 2.06 bits per heavy atom. The summed E-state index contributed by atoms with van der Waals surface area (Å²) in [5.74, 6) is -2.15. The van der Waals surface area contributed by atoms with Gasteiger partial charge < -0.3 is 24.8 Å². The predicted molar refractivity (Wildman–Crippen MR) is 119 cm³/mol. The van der Waals surface area contributed by atoms with Crippen LogP contribution in [0.3, 0.4) is 0 Å². The van der Waals surface area contributed by atoms with Gasteiger partial charge in [0.2, 0.25) is 12.7 Å². The van der Waals surface area contributed by atoms with Crippen molar-refractivity contribution in [1.82, 2.24) is 10.2 Å². The van der Waals surface area contributed by atoms with E-state index >= 15 is 0 Å². The number of thiocarbonyl (C=S) groups is 1. The molecule has 1 amide bonds. The van der Waals surface area contributed by atoms with Crippen LogP contribution in [0.2, 0.25) is 0 Å². The monoisotopic (exact) mass is 466 g/mol. The molecule has 3 atom stereocenters. The number of rotatable bonds is 6. The Morgan fingerprint density at radius 3 is 2.65 bits per heavy atom. The third-order valence-corrected chi connectivity index (χ3v) is 6.81. The second-order valence-corrected chi connectivity index (χ2v) is 9.90. The summed E-state index contributed by atoms with van der Waals surface area (Å²) in [5.41, 5.74) is 0.808. The predicted octanol–water partition coefficient (Wildman–Crippen LogP) is 2.06. The van der Waals surface area contributed by atoms with E-state index in [4.69, 9.17) is 21.7 Å². The third-order valence-electron chi connectivity index (χ3n) is 5.31. The number of aliphatic hydroxyl groups is 1. The normalized spacial score (nSPS) is 21.4. The molecule has 3 rings (SSSR count). The van der Waals surface area contributed by atoms with Gasteiger partial charge in [0, 0.05) is 7.05 Å². The van der Waals surface area contributed by atoms with Crippen molar-refractivity contribution in [2.75, 3.05) is 13.8 Å². The Kier molecular flexibility index (Phi) is 6.54. The molecular formula is C21H26N2O6S2. The van der Waals surface area contributed by atoms with E-state index in [0.29, 0.717) is 17.0 Å². The van der Waals surface area contributed by atoms with E-state index in [9.17, 15) is 19.5 Å². The molecule has 0 saturated carbocycles. The maximum Gasteiger partial charge on any atom is 0.358 e. The Labute approximate surface area is 190 Å². The van der Waals surface area contributed by atoms with E-state index in [1.807, 2.05) is 11.4 Å². The topological polar surface area (TPSA) is 105 Å². The van der Waals surface area contributed by atoms with E-state index < -0.39 is 36.2 Å². The maximum absolute atomic E-state index is 12.9. The highest BCUT2D eigenvalue weighted by molar-refractivity contribution is 7.81. The van der Waals surface area contributed by atoms with Crippen LogP contribution >= 0.6 is 23.6 Å². The first-order chi connectivity index (χ1) is 14.5. The van der Waals surface area contributed by atoms with E-state index in [1.54, 1.807) is 34.7 Å². The summed E-state index contributed by atoms with van der Waals surface area (Å²) in [4.78, 5) is 40.3. The number of aliphatic hydroxyl groups excluding tert-OH is 1. The molecule has 2 N–H and O–H groups in total. The molecule has 2 aliphatic rings. The fraction of sp³-hybridized carbons (Fsp3) is 0.524. The smallest absolute Gasteiger partial charge is 0.358 e. The highest BCUT2D eigenvalue weighted by Gasteiger charge is 2.57. The average molecular weight is 467 g/mol. The van der Waals surface area contributed by atoms with Gasteiger partial charge in [-0.1, -0.05) is 12.2 Å². The number of amides is 1. The zero-order valence-corrected chi connectivity index (χ0v) is 19.7. The Bertz CT molecular complexity index is 959. The van der Waals surface area contributed by atoms with E-state index in [1.165, 1.54) is 16.2 Å². The van der Waals surface area contributed by atoms with Crippen LogP contribution in [-0.2, 0) is 23.9 Å². The summed E-state index contributed by atoms with van der Waals surface area (Å²) in [6.45, 7) is 6.10. The molecule has 8 nitrogen and oxygen atoms in total. The number of nitrogens with zero attached hydrogens (tertiary/aromatic N) is 1. The van der Waals surface area contributed by atoms with Gasteiger partial charge >= 0.3 is 11.9 Å². The highest BCUT2D eigenvalue weighted by Crippen LogP contribution is 2.47. The fourth-order valence-corrected chi connectivity index (χ4v) is 4.75. The number of hydrogen-bond donors (Lipinski definition) is 2. The van der Waals surface area contributed by atoms with E-state index in [-0.39, 0.29) is 17.6 Å². The van der Waals surface area contributed by atoms with Crippen molar-refractivity contribution in [3.05, 3.63) is 27.6 Å². The summed E-state index contributed by atoms with van der Waals surface area (Å²) in [5, 5.41) is 14.8. The molecule has 3 unspecified atom stereocenters. The van der Waals surface area contributed by atoms with Crippen molar-refractivity contribution >= 4 is 52.0 Å². The summed E-state index contributed by atoms with van der Waals surface area (Å²) >= 11 is 6.70. The van der Waals surface area contributed by atoms with Crippen LogP contribution in [0.15, 0.2) is 17.1 Å². The van der Waals surface area contributed by atoms with Gasteiger partial charge in [0.25, 0.3) is 0 Å². The number of β-lactam (4-membered cyclic amide) rings is 1. The second kappa shape index (κ2) is 8.68. The third kappa shape index (κ3) is 4.37. The first-order valence-corrected chi connectivity index (χ1v) is 11.2. The van der Waals surface area contributed by atoms with Crippen molar-refractivity contribution in [2.45, 2.75) is 46.3 Å². The number of nitrogens with one attached hydrogen (secondary N) is 1. The number of carbonyl (C=O) groups is 3. The zero-order valence-electron chi connectivity index (χ0n) is 18.1. The molecule has 0 radical (unpaired) electrons. The molecule has 1 fully saturated rings. The molecule has 0 aliphatic carbocycles. The lowest BCUT2D eigenvalue weighted by Crippen LogP contribution is -2.61. The Morgan fingerprint density at radius 1 is 1.39 bits per heavy atom. The van der Waals surface area contributed by atoms with E-state index in [2.05, 4.69) is 5.32 Å². The van der Waals surface area contributed by atoms with Gasteiger partial charge in [-0.05, 0) is 56.7 Å². The Hall–Kier alpha value is -2.30. The van der Waals surface area contributed by atoms with Gasteiger partial charge in [0.05, 0.1) is 28.4 Å². The number of fused-ring (bicyclic) bond motifs is 1. The van der Waals surface area contributed by atoms with Crippen molar-refractivity contribution in [2.24, 2.45) is 11.3 Å². The minimum absolute atomic E-state index is 0.124. The lowest BCUT2D eigenvalue weighted by atomic mass is 9.82. The molecule has 2 aliphatic heterocycles. The van der Waals surface area contributed by atoms with Crippen molar-refractivity contribution in [1.29, 1.82) is 0 Å². The van der Waals surface area contributed by atoms with Gasteiger partial charge in [-0.2, -0.15) is 0 Å². The molecule has 0 spiro atoms. The summed E-state index contributed by atoms with van der Waals surface area (Å²) in [6, 6.07) is 1.54. The van der Waals surface area contributed by atoms with Crippen molar-refractivity contribution in [3.8, 4) is 0 Å². The van der Waals surface area contributed by atoms with Crippen LogP contribution in [-0.4, -0.2) is 58.8 Å². The largest absolute Gasteiger partial charge is 0.427 e. The standard InChI is InChI=1S/C21H26N2O6S2/c1-10(24)15-13-7-12(11-6-14(31-8-11)17(30)22-5)16(23(13)18(15)25)19(26)28-9-29-20(27)21(2,3)4/h6,8,10,13,15,24H,7,9H2,1-5H3,(H,22,30). The molecule has 1 aromatic heterocycles. The molecule has 10 heteroatoms. The number of esters is 2. The lowest BCUT2D eigenvalue weighted by Gasteiger charge is -2.44. The summed E-state index contributed by atoms with van der Waals surface area (Å²) in [7, 11) is 1.73. The fourth-order valence-electron chi connectivity index (χ4n) is 3.67. The van der Waals surface area contributed by atoms with Crippen LogP contribution < -0.4 is 5.32 Å². The van der Waals surface area contributed by atoms with Gasteiger partial charge in [-0.3, -0.25) is 9.59 Å². The summed E-state index contributed by atoms with van der Waals surface area (Å²) < 4.78 is 10.2. The van der Waals surface area contributed by atoms with Crippen LogP contribution in [0, 0.1) is 11.3 Å². The van der Waals surface area contributed by atoms with Crippen molar-refractivity contribution < 1.29 is 29.0 Å². The second-order valence-electron chi connectivity index (χ2n) is 8.58. The Balaban J connectivity index is 1.86. The zero-order chi connectivity index (χ0) is 23.1. The maximum atomic E-state index is 12.9. The molecule has 168 valence electrons. The average Bonchev–Trinajstić information content (AvgIpc) is 3.28. The minimum atomic E-state index is -0.826. The number of hydrogen-bond acceptors (Lipinski definition) is 8. The quantitative estimate of drug-likeness (QED) is 0.284. The van der Waals surface area contributed by atoms with Crippen LogP contribution in [0.25, 0.3) is 5.57 Å². The molecule has 31 heavy (non-hydrogen) atoms. The molecule has 3 heterocycles. The van der Waals surface area contributed by atoms with Crippen molar-refractivity contribution in [3.63, 3.8) is 0 Å². The molecule has 1 saturated heterocycles. The number of carbonyl (C=O) groups excluding carboxylic acids is 3. The van der Waals surface area contributed by atoms with Crippen LogP contribution in [0.5, 0.6) is 0 Å². The number of ether oxygens (including phenoxy) is 2. The number of thiophene rings is 1. The van der Waals surface area contributed by atoms with Gasteiger partial charge in [0.1, 0.15) is 10.7 Å². The molecule has 1 aromatic rings. The summed E-state index contributed by atoms with van der Waals surface area (Å²) in [6.07, 6.45) is -0.413. The van der Waals surface area contributed by atoms with Crippen LogP contribution in [0.1, 0.15) is 44.6 Å². The van der Waals surface area contributed by atoms with Gasteiger partial charge in [-0.15, -0.1) is 11.3 Å².